The van der Waals surface area contributed by atoms with Gasteiger partial charge < -0.3 is 15.0 Å². The Hall–Kier alpha value is -2.49. The highest BCUT2D eigenvalue weighted by Gasteiger charge is 2.28. The van der Waals surface area contributed by atoms with Crippen LogP contribution in [-0.4, -0.2) is 30.6 Å². The van der Waals surface area contributed by atoms with Gasteiger partial charge in [0.15, 0.2) is 0 Å². The summed E-state index contributed by atoms with van der Waals surface area (Å²) in [7, 11) is 1.65. The van der Waals surface area contributed by atoms with Crippen molar-refractivity contribution in [2.75, 3.05) is 13.7 Å². The molecule has 1 N–H and O–H groups in total. The van der Waals surface area contributed by atoms with Crippen LogP contribution in [0.5, 0.6) is 5.75 Å². The number of methoxy groups -OCH3 is 1. The smallest absolute Gasteiger partial charge is 0.317 e. The van der Waals surface area contributed by atoms with Gasteiger partial charge in [0.25, 0.3) is 0 Å². The fourth-order valence-corrected chi connectivity index (χ4v) is 3.22. The van der Waals surface area contributed by atoms with Crippen molar-refractivity contribution in [2.45, 2.75) is 31.8 Å². The lowest BCUT2D eigenvalue weighted by Gasteiger charge is -2.25. The van der Waals surface area contributed by atoms with Crippen molar-refractivity contribution in [2.24, 2.45) is 0 Å². The Balaban J connectivity index is 1.55. The summed E-state index contributed by atoms with van der Waals surface area (Å²) in [6.45, 7) is 1.38. The highest BCUT2D eigenvalue weighted by Crippen LogP contribution is 2.21. The average molecular weight is 324 g/mol. The molecule has 0 spiro atoms. The van der Waals surface area contributed by atoms with E-state index in [0.717, 1.165) is 37.1 Å². The molecule has 0 aromatic heterocycles. The Kier molecular flexibility index (Phi) is 5.36. The lowest BCUT2D eigenvalue weighted by molar-refractivity contribution is 0.192. The predicted molar refractivity (Wildman–Crippen MR) is 95.1 cm³/mol. The summed E-state index contributed by atoms with van der Waals surface area (Å²) in [5.74, 6) is 0.826. The molecule has 24 heavy (non-hydrogen) atoms. The fourth-order valence-electron chi connectivity index (χ4n) is 3.22. The summed E-state index contributed by atoms with van der Waals surface area (Å²) in [5.41, 5.74) is 2.36. The van der Waals surface area contributed by atoms with Crippen LogP contribution in [0.4, 0.5) is 4.79 Å². The first-order valence-corrected chi connectivity index (χ1v) is 8.47. The molecule has 0 bridgehead atoms. The maximum atomic E-state index is 12.5. The first-order chi connectivity index (χ1) is 11.8. The Morgan fingerprint density at radius 1 is 1.12 bits per heavy atom. The van der Waals surface area contributed by atoms with E-state index in [-0.39, 0.29) is 6.03 Å². The second kappa shape index (κ2) is 7.86. The number of carbonyl (C=O) groups is 1. The number of amides is 2. The number of hydrogen-bond acceptors (Lipinski definition) is 2. The van der Waals surface area contributed by atoms with Crippen LogP contribution in [0.1, 0.15) is 24.0 Å². The molecule has 1 saturated heterocycles. The Labute approximate surface area is 143 Å². The van der Waals surface area contributed by atoms with Crippen LogP contribution in [0.3, 0.4) is 0 Å². The molecule has 2 aromatic rings. The van der Waals surface area contributed by atoms with Gasteiger partial charge >= 0.3 is 6.03 Å². The molecule has 0 radical (unpaired) electrons. The third-order valence-electron chi connectivity index (χ3n) is 4.55. The van der Waals surface area contributed by atoms with E-state index in [2.05, 4.69) is 29.6 Å². The molecule has 1 unspecified atom stereocenters. The number of carbonyl (C=O) groups excluding carboxylic acids is 1. The molecule has 1 heterocycles. The molecule has 3 rings (SSSR count). The van der Waals surface area contributed by atoms with Gasteiger partial charge in [0.1, 0.15) is 5.75 Å². The van der Waals surface area contributed by atoms with Crippen LogP contribution in [0.15, 0.2) is 54.6 Å². The second-order valence-corrected chi connectivity index (χ2v) is 6.19. The zero-order valence-electron chi connectivity index (χ0n) is 14.1. The Morgan fingerprint density at radius 3 is 2.58 bits per heavy atom. The van der Waals surface area contributed by atoms with Gasteiger partial charge in [-0.2, -0.15) is 0 Å². The zero-order chi connectivity index (χ0) is 16.8. The van der Waals surface area contributed by atoms with Crippen molar-refractivity contribution in [1.82, 2.24) is 10.2 Å². The van der Waals surface area contributed by atoms with Crippen LogP contribution in [0.25, 0.3) is 0 Å². The molecule has 1 aliphatic rings. The van der Waals surface area contributed by atoms with Gasteiger partial charge in [-0.15, -0.1) is 0 Å². The van der Waals surface area contributed by atoms with E-state index in [1.165, 1.54) is 5.56 Å². The van der Waals surface area contributed by atoms with E-state index in [0.29, 0.717) is 12.6 Å². The highest BCUT2D eigenvalue weighted by atomic mass is 16.5. The Morgan fingerprint density at radius 2 is 1.88 bits per heavy atom. The summed E-state index contributed by atoms with van der Waals surface area (Å²) in [5, 5.41) is 3.04. The summed E-state index contributed by atoms with van der Waals surface area (Å²) in [6, 6.07) is 18.5. The summed E-state index contributed by atoms with van der Waals surface area (Å²) < 4.78 is 5.15. The molecule has 0 saturated carbocycles. The molecule has 4 heteroatoms. The zero-order valence-corrected chi connectivity index (χ0v) is 14.1. The lowest BCUT2D eigenvalue weighted by Crippen LogP contribution is -2.43. The van der Waals surface area contributed by atoms with Crippen molar-refractivity contribution in [3.05, 3.63) is 65.7 Å². The number of benzene rings is 2. The standard InChI is InChI=1S/C20H24N2O2/c1-24-19-11-9-17(10-12-19)15-21-20(23)22-13-5-8-18(22)14-16-6-3-2-4-7-16/h2-4,6-7,9-12,18H,5,8,13-15H2,1H3,(H,21,23). The molecule has 2 amide bonds. The number of nitrogens with zero attached hydrogens (tertiary/aromatic N) is 1. The van der Waals surface area contributed by atoms with Crippen molar-refractivity contribution >= 4 is 6.03 Å². The minimum absolute atomic E-state index is 0.0317. The highest BCUT2D eigenvalue weighted by molar-refractivity contribution is 5.74. The van der Waals surface area contributed by atoms with E-state index in [9.17, 15) is 4.79 Å². The normalized spacial score (nSPS) is 16.9. The first-order valence-electron chi connectivity index (χ1n) is 8.47. The van der Waals surface area contributed by atoms with Crippen LogP contribution < -0.4 is 10.1 Å². The van der Waals surface area contributed by atoms with E-state index in [1.807, 2.05) is 35.2 Å². The predicted octanol–water partition coefficient (Wildman–Crippen LogP) is 3.61. The Bertz CT molecular complexity index is 655. The van der Waals surface area contributed by atoms with Crippen LogP contribution in [0, 0.1) is 0 Å². The minimum Gasteiger partial charge on any atom is -0.497 e. The number of likely N-dealkylation sites (tertiary alicyclic amines) is 1. The van der Waals surface area contributed by atoms with E-state index in [1.54, 1.807) is 7.11 Å². The largest absolute Gasteiger partial charge is 0.497 e. The number of ether oxygens (including phenoxy) is 1. The quantitative estimate of drug-likeness (QED) is 0.913. The van der Waals surface area contributed by atoms with Crippen molar-refractivity contribution in [3.8, 4) is 5.75 Å². The van der Waals surface area contributed by atoms with Crippen molar-refractivity contribution in [3.63, 3.8) is 0 Å². The second-order valence-electron chi connectivity index (χ2n) is 6.19. The molecule has 0 aliphatic carbocycles. The van der Waals surface area contributed by atoms with Crippen LogP contribution in [-0.2, 0) is 13.0 Å². The van der Waals surface area contributed by atoms with Gasteiger partial charge in [0.2, 0.25) is 0 Å². The van der Waals surface area contributed by atoms with Crippen LogP contribution >= 0.6 is 0 Å². The van der Waals surface area contributed by atoms with Gasteiger partial charge in [-0.3, -0.25) is 0 Å². The number of nitrogens with one attached hydrogen (secondary N) is 1. The van der Waals surface area contributed by atoms with Gasteiger partial charge in [0.05, 0.1) is 7.11 Å². The monoisotopic (exact) mass is 324 g/mol. The summed E-state index contributed by atoms with van der Waals surface area (Å²) >= 11 is 0. The molecular weight excluding hydrogens is 300 g/mol. The van der Waals surface area contributed by atoms with Crippen molar-refractivity contribution in [1.29, 1.82) is 0 Å². The third-order valence-corrected chi connectivity index (χ3v) is 4.55. The molecule has 2 aromatic carbocycles. The maximum absolute atomic E-state index is 12.5. The fraction of sp³-hybridized carbons (Fsp3) is 0.350. The number of urea groups is 1. The molecule has 4 nitrogen and oxygen atoms in total. The molecule has 1 fully saturated rings. The summed E-state index contributed by atoms with van der Waals surface area (Å²) in [4.78, 5) is 14.5. The van der Waals surface area contributed by atoms with Crippen LogP contribution in [0.2, 0.25) is 0 Å². The van der Waals surface area contributed by atoms with Gasteiger partial charge in [-0.05, 0) is 42.5 Å². The lowest BCUT2D eigenvalue weighted by atomic mass is 10.0. The number of hydrogen-bond donors (Lipinski definition) is 1. The van der Waals surface area contributed by atoms with E-state index in [4.69, 9.17) is 4.74 Å². The maximum Gasteiger partial charge on any atom is 0.317 e. The molecular formula is C20H24N2O2. The number of rotatable bonds is 5. The molecule has 126 valence electrons. The van der Waals surface area contributed by atoms with Gasteiger partial charge in [-0.1, -0.05) is 42.5 Å². The first kappa shape index (κ1) is 16.4. The topological polar surface area (TPSA) is 41.6 Å². The SMILES string of the molecule is COc1ccc(CNC(=O)N2CCCC2Cc2ccccc2)cc1. The molecule has 1 aliphatic heterocycles. The third kappa shape index (κ3) is 4.07. The van der Waals surface area contributed by atoms with Gasteiger partial charge in [0, 0.05) is 19.1 Å². The van der Waals surface area contributed by atoms with E-state index < -0.39 is 0 Å². The average Bonchev–Trinajstić information content (AvgIpc) is 3.09. The molecule has 1 atom stereocenters. The van der Waals surface area contributed by atoms with E-state index >= 15 is 0 Å². The van der Waals surface area contributed by atoms with Crippen molar-refractivity contribution < 1.29 is 9.53 Å². The van der Waals surface area contributed by atoms with Gasteiger partial charge in [-0.25, -0.2) is 4.79 Å². The minimum atomic E-state index is 0.0317. The summed E-state index contributed by atoms with van der Waals surface area (Å²) in [6.07, 6.45) is 3.08.